The van der Waals surface area contributed by atoms with E-state index < -0.39 is 11.8 Å². The predicted octanol–water partition coefficient (Wildman–Crippen LogP) is 2.82. The van der Waals surface area contributed by atoms with Gasteiger partial charge in [0.05, 0.1) is 0 Å². The third-order valence-corrected chi connectivity index (χ3v) is 4.15. The highest BCUT2D eigenvalue weighted by Gasteiger charge is 2.28. The van der Waals surface area contributed by atoms with E-state index in [1.54, 1.807) is 12.1 Å². The van der Waals surface area contributed by atoms with Crippen molar-refractivity contribution in [2.45, 2.75) is 6.42 Å². The summed E-state index contributed by atoms with van der Waals surface area (Å²) < 4.78 is 1.07. The molecule has 1 aliphatic rings. The lowest BCUT2D eigenvalue weighted by Gasteiger charge is -2.16. The molecule has 0 atom stereocenters. The second-order valence-corrected chi connectivity index (χ2v) is 6.04. The average molecular weight is 392 g/mol. The summed E-state index contributed by atoms with van der Waals surface area (Å²) in [6, 6.07) is 15.0. The summed E-state index contributed by atoms with van der Waals surface area (Å²) in [5.41, 5.74) is 2.56. The zero-order chi connectivity index (χ0) is 14.8. The van der Waals surface area contributed by atoms with Crippen LogP contribution in [0, 0.1) is 3.57 Å². The van der Waals surface area contributed by atoms with E-state index >= 15 is 0 Å². The van der Waals surface area contributed by atoms with E-state index in [0.717, 1.165) is 21.2 Å². The Morgan fingerprint density at radius 1 is 1.05 bits per heavy atom. The molecule has 0 radical (unpaired) electrons. The van der Waals surface area contributed by atoms with Crippen molar-refractivity contribution in [2.75, 3.05) is 16.8 Å². The molecule has 106 valence electrons. The lowest BCUT2D eigenvalue weighted by molar-refractivity contribution is -0.134. The highest BCUT2D eigenvalue weighted by atomic mass is 127. The van der Waals surface area contributed by atoms with E-state index in [2.05, 4.69) is 27.9 Å². The number of halogens is 1. The van der Waals surface area contributed by atoms with E-state index in [9.17, 15) is 9.59 Å². The van der Waals surface area contributed by atoms with Crippen LogP contribution in [0.4, 0.5) is 11.4 Å². The molecule has 4 nitrogen and oxygen atoms in total. The summed E-state index contributed by atoms with van der Waals surface area (Å²) in [5, 5.41) is 2.64. The Morgan fingerprint density at radius 2 is 1.76 bits per heavy atom. The van der Waals surface area contributed by atoms with Crippen molar-refractivity contribution >= 4 is 45.8 Å². The molecule has 0 unspecified atom stereocenters. The van der Waals surface area contributed by atoms with Gasteiger partial charge in [-0.15, -0.1) is 0 Å². The van der Waals surface area contributed by atoms with E-state index in [1.807, 2.05) is 36.4 Å². The quantitative estimate of drug-likeness (QED) is 0.600. The van der Waals surface area contributed by atoms with Gasteiger partial charge >= 0.3 is 11.8 Å². The molecule has 2 aromatic rings. The van der Waals surface area contributed by atoms with Gasteiger partial charge in [-0.1, -0.05) is 18.2 Å². The van der Waals surface area contributed by atoms with Gasteiger partial charge in [-0.25, -0.2) is 0 Å². The maximum Gasteiger partial charge on any atom is 0.316 e. The summed E-state index contributed by atoms with van der Waals surface area (Å²) >= 11 is 2.19. The Morgan fingerprint density at radius 3 is 2.52 bits per heavy atom. The third-order valence-electron chi connectivity index (χ3n) is 3.43. The second kappa shape index (κ2) is 5.85. The molecule has 0 bridgehead atoms. The molecule has 0 aliphatic carbocycles. The molecular weight excluding hydrogens is 379 g/mol. The summed E-state index contributed by atoms with van der Waals surface area (Å²) in [4.78, 5) is 25.9. The van der Waals surface area contributed by atoms with Crippen LogP contribution >= 0.6 is 22.6 Å². The molecule has 0 saturated carbocycles. The summed E-state index contributed by atoms with van der Waals surface area (Å²) in [6.07, 6.45) is 0.790. The van der Waals surface area contributed by atoms with Crippen LogP contribution in [0.25, 0.3) is 0 Å². The number of anilines is 2. The van der Waals surface area contributed by atoms with E-state index in [0.29, 0.717) is 12.2 Å². The molecule has 0 spiro atoms. The minimum atomic E-state index is -0.604. The van der Waals surface area contributed by atoms with Gasteiger partial charge in [0.2, 0.25) is 0 Å². The van der Waals surface area contributed by atoms with Crippen LogP contribution in [0.3, 0.4) is 0 Å². The van der Waals surface area contributed by atoms with Crippen LogP contribution in [-0.2, 0) is 16.0 Å². The number of amides is 2. The van der Waals surface area contributed by atoms with Crippen LogP contribution in [0.1, 0.15) is 5.56 Å². The van der Waals surface area contributed by atoms with Crippen molar-refractivity contribution < 1.29 is 9.59 Å². The first-order valence-electron chi connectivity index (χ1n) is 6.61. The monoisotopic (exact) mass is 392 g/mol. The highest BCUT2D eigenvalue weighted by Crippen LogP contribution is 2.27. The fourth-order valence-electron chi connectivity index (χ4n) is 2.39. The number of rotatable bonds is 1. The molecule has 1 aliphatic heterocycles. The molecular formula is C16H13IN2O2. The number of hydrogen-bond donors (Lipinski definition) is 1. The topological polar surface area (TPSA) is 49.4 Å². The summed E-state index contributed by atoms with van der Waals surface area (Å²) in [7, 11) is 0. The summed E-state index contributed by atoms with van der Waals surface area (Å²) in [5.74, 6) is -1.12. The summed E-state index contributed by atoms with van der Waals surface area (Å²) in [6.45, 7) is 0.554. The largest absolute Gasteiger partial charge is 0.318 e. The van der Waals surface area contributed by atoms with Crippen LogP contribution in [0.2, 0.25) is 0 Å². The maximum absolute atomic E-state index is 12.3. The minimum absolute atomic E-state index is 0.515. The minimum Gasteiger partial charge on any atom is -0.318 e. The number of fused-ring (bicyclic) bond motifs is 1. The first-order chi connectivity index (χ1) is 10.1. The number of carbonyl (C=O) groups is 2. The smallest absolute Gasteiger partial charge is 0.316 e. The normalized spacial score (nSPS) is 12.9. The number of benzene rings is 2. The lowest BCUT2D eigenvalue weighted by atomic mass is 10.2. The molecule has 2 aromatic carbocycles. The molecule has 1 N–H and O–H groups in total. The van der Waals surface area contributed by atoms with Crippen molar-refractivity contribution in [2.24, 2.45) is 0 Å². The standard InChI is InChI=1S/C16H13IN2O2/c17-12-5-7-13(8-6-12)18-15(20)16(21)19-10-9-11-3-1-2-4-14(11)19/h1-8H,9-10H2,(H,18,20). The van der Waals surface area contributed by atoms with Crippen molar-refractivity contribution in [3.8, 4) is 0 Å². The predicted molar refractivity (Wildman–Crippen MR) is 90.3 cm³/mol. The Kier molecular flexibility index (Phi) is 3.92. The first-order valence-corrected chi connectivity index (χ1v) is 7.69. The van der Waals surface area contributed by atoms with Crippen molar-refractivity contribution in [3.63, 3.8) is 0 Å². The third kappa shape index (κ3) is 2.92. The van der Waals surface area contributed by atoms with Crippen LogP contribution in [-0.4, -0.2) is 18.4 Å². The number of carbonyl (C=O) groups excluding carboxylic acids is 2. The molecule has 5 heteroatoms. The van der Waals surface area contributed by atoms with Gasteiger partial charge in [0, 0.05) is 21.5 Å². The molecule has 0 saturated heterocycles. The van der Waals surface area contributed by atoms with Crippen molar-refractivity contribution in [3.05, 3.63) is 57.7 Å². The second-order valence-electron chi connectivity index (χ2n) is 4.80. The van der Waals surface area contributed by atoms with Crippen LogP contribution in [0.5, 0.6) is 0 Å². The van der Waals surface area contributed by atoms with Crippen LogP contribution in [0.15, 0.2) is 48.5 Å². The van der Waals surface area contributed by atoms with Gasteiger partial charge in [0.15, 0.2) is 0 Å². The SMILES string of the molecule is O=C(Nc1ccc(I)cc1)C(=O)N1CCc2ccccc21. The number of nitrogens with one attached hydrogen (secondary N) is 1. The van der Waals surface area contributed by atoms with Gasteiger partial charge in [-0.05, 0) is 64.9 Å². The van der Waals surface area contributed by atoms with Gasteiger partial charge in [-0.3, -0.25) is 9.59 Å². The van der Waals surface area contributed by atoms with Crippen molar-refractivity contribution in [1.29, 1.82) is 0 Å². The van der Waals surface area contributed by atoms with E-state index in [-0.39, 0.29) is 0 Å². The molecule has 2 amide bonds. The zero-order valence-corrected chi connectivity index (χ0v) is 13.3. The van der Waals surface area contributed by atoms with Gasteiger partial charge < -0.3 is 10.2 Å². The molecule has 0 fully saturated rings. The zero-order valence-electron chi connectivity index (χ0n) is 11.2. The van der Waals surface area contributed by atoms with Gasteiger partial charge in [0.25, 0.3) is 0 Å². The Balaban J connectivity index is 1.74. The molecule has 21 heavy (non-hydrogen) atoms. The first kappa shape index (κ1) is 14.1. The Bertz CT molecular complexity index is 698. The fraction of sp³-hybridized carbons (Fsp3) is 0.125. The number of para-hydroxylation sites is 1. The number of nitrogens with zero attached hydrogens (tertiary/aromatic N) is 1. The van der Waals surface area contributed by atoms with Crippen LogP contribution < -0.4 is 10.2 Å². The van der Waals surface area contributed by atoms with Crippen molar-refractivity contribution in [1.82, 2.24) is 0 Å². The molecule has 0 aromatic heterocycles. The Labute approximate surface area is 136 Å². The fourth-order valence-corrected chi connectivity index (χ4v) is 2.75. The maximum atomic E-state index is 12.3. The van der Waals surface area contributed by atoms with E-state index in [4.69, 9.17) is 0 Å². The number of hydrogen-bond acceptors (Lipinski definition) is 2. The highest BCUT2D eigenvalue weighted by molar-refractivity contribution is 14.1. The molecule has 1 heterocycles. The average Bonchev–Trinajstić information content (AvgIpc) is 2.92. The van der Waals surface area contributed by atoms with Gasteiger partial charge in [-0.2, -0.15) is 0 Å². The van der Waals surface area contributed by atoms with E-state index in [1.165, 1.54) is 4.90 Å². The van der Waals surface area contributed by atoms with Gasteiger partial charge in [0.1, 0.15) is 0 Å². The Hall–Kier alpha value is -1.89. The lowest BCUT2D eigenvalue weighted by Crippen LogP contribution is -2.38. The molecule has 3 rings (SSSR count).